The zero-order valence-electron chi connectivity index (χ0n) is 9.27. The molecule has 1 atom stereocenters. The fraction of sp³-hybridized carbons (Fsp3) is 0.333. The molecule has 0 radical (unpaired) electrons. The molecule has 0 amide bonds. The highest BCUT2D eigenvalue weighted by Crippen LogP contribution is 2.09. The Hall–Kier alpha value is -1.84. The second-order valence-corrected chi connectivity index (χ2v) is 3.51. The standard InChI is InChI=1S/C12H14O4/c1-3-8(2)16-12(15)10-6-4-5-9(7-10)11(13)14/h4-8H,3H2,1-2H3,(H,13,14)/t8-/m0/s1. The molecule has 0 aliphatic carbocycles. The fourth-order valence-electron chi connectivity index (χ4n) is 1.11. The van der Waals surface area contributed by atoms with Crippen LogP contribution in [-0.2, 0) is 4.74 Å². The van der Waals surface area contributed by atoms with Crippen molar-refractivity contribution < 1.29 is 19.4 Å². The molecule has 0 aliphatic heterocycles. The summed E-state index contributed by atoms with van der Waals surface area (Å²) in [7, 11) is 0. The van der Waals surface area contributed by atoms with Crippen molar-refractivity contribution in [3.8, 4) is 0 Å². The van der Waals surface area contributed by atoms with Crippen LogP contribution in [0.2, 0.25) is 0 Å². The Labute approximate surface area is 93.9 Å². The van der Waals surface area contributed by atoms with E-state index >= 15 is 0 Å². The molecule has 1 rings (SSSR count). The number of rotatable bonds is 4. The third-order valence-electron chi connectivity index (χ3n) is 2.23. The van der Waals surface area contributed by atoms with Gasteiger partial charge in [0, 0.05) is 0 Å². The van der Waals surface area contributed by atoms with Crippen molar-refractivity contribution >= 4 is 11.9 Å². The Balaban J connectivity index is 2.83. The maximum Gasteiger partial charge on any atom is 0.338 e. The lowest BCUT2D eigenvalue weighted by Crippen LogP contribution is -2.14. The first-order valence-corrected chi connectivity index (χ1v) is 5.09. The minimum Gasteiger partial charge on any atom is -0.478 e. The van der Waals surface area contributed by atoms with Gasteiger partial charge < -0.3 is 9.84 Å². The van der Waals surface area contributed by atoms with Crippen LogP contribution < -0.4 is 0 Å². The summed E-state index contributed by atoms with van der Waals surface area (Å²) in [5.74, 6) is -1.55. The summed E-state index contributed by atoms with van der Waals surface area (Å²) in [6, 6.07) is 5.81. The summed E-state index contributed by atoms with van der Waals surface area (Å²) < 4.78 is 5.09. The lowest BCUT2D eigenvalue weighted by molar-refractivity contribution is 0.0334. The maximum atomic E-state index is 11.6. The van der Waals surface area contributed by atoms with E-state index in [1.165, 1.54) is 24.3 Å². The quantitative estimate of drug-likeness (QED) is 0.794. The number of ether oxygens (including phenoxy) is 1. The molecule has 0 bridgehead atoms. The van der Waals surface area contributed by atoms with Crippen molar-refractivity contribution in [2.24, 2.45) is 0 Å². The van der Waals surface area contributed by atoms with E-state index in [1.807, 2.05) is 6.92 Å². The first-order valence-electron chi connectivity index (χ1n) is 5.09. The van der Waals surface area contributed by atoms with Crippen LogP contribution in [0, 0.1) is 0 Å². The number of hydrogen-bond acceptors (Lipinski definition) is 3. The molecule has 4 nitrogen and oxygen atoms in total. The van der Waals surface area contributed by atoms with Crippen LogP contribution in [0.1, 0.15) is 41.0 Å². The smallest absolute Gasteiger partial charge is 0.338 e. The topological polar surface area (TPSA) is 63.6 Å². The molecule has 0 fully saturated rings. The highest BCUT2D eigenvalue weighted by molar-refractivity contribution is 5.94. The van der Waals surface area contributed by atoms with E-state index in [9.17, 15) is 9.59 Å². The third kappa shape index (κ3) is 3.08. The Bertz CT molecular complexity index is 398. The molecule has 0 spiro atoms. The summed E-state index contributed by atoms with van der Waals surface area (Å²) in [4.78, 5) is 22.3. The normalized spacial score (nSPS) is 11.9. The molecule has 1 N–H and O–H groups in total. The second-order valence-electron chi connectivity index (χ2n) is 3.51. The van der Waals surface area contributed by atoms with Crippen molar-refractivity contribution in [2.45, 2.75) is 26.4 Å². The number of hydrogen-bond donors (Lipinski definition) is 1. The average Bonchev–Trinajstić information content (AvgIpc) is 2.28. The minimum absolute atomic E-state index is 0.0820. The SMILES string of the molecule is CC[C@H](C)OC(=O)c1cccc(C(=O)O)c1. The molecule has 1 aromatic carbocycles. The zero-order valence-corrected chi connectivity index (χ0v) is 9.27. The van der Waals surface area contributed by atoms with Crippen LogP contribution in [-0.4, -0.2) is 23.1 Å². The number of benzene rings is 1. The van der Waals surface area contributed by atoms with Crippen LogP contribution in [0.15, 0.2) is 24.3 Å². The second kappa shape index (κ2) is 5.30. The summed E-state index contributed by atoms with van der Waals surface area (Å²) in [6.45, 7) is 3.70. The van der Waals surface area contributed by atoms with Crippen LogP contribution in [0.4, 0.5) is 0 Å². The number of carbonyl (C=O) groups excluding carboxylic acids is 1. The van der Waals surface area contributed by atoms with Gasteiger partial charge in [0.2, 0.25) is 0 Å². The van der Waals surface area contributed by atoms with Gasteiger partial charge in [-0.15, -0.1) is 0 Å². The van der Waals surface area contributed by atoms with Crippen molar-refractivity contribution in [1.29, 1.82) is 0 Å². The van der Waals surface area contributed by atoms with Crippen molar-refractivity contribution in [3.63, 3.8) is 0 Å². The molecular weight excluding hydrogens is 208 g/mol. The number of esters is 1. The van der Waals surface area contributed by atoms with Gasteiger partial charge in [-0.05, 0) is 31.5 Å². The molecule has 0 heterocycles. The van der Waals surface area contributed by atoms with Gasteiger partial charge in [-0.25, -0.2) is 9.59 Å². The molecule has 0 aliphatic rings. The summed E-state index contributed by atoms with van der Waals surface area (Å²) in [5, 5.41) is 8.77. The Morgan fingerprint density at radius 1 is 1.38 bits per heavy atom. The molecule has 0 unspecified atom stereocenters. The van der Waals surface area contributed by atoms with E-state index in [2.05, 4.69) is 0 Å². The van der Waals surface area contributed by atoms with Gasteiger partial charge in [-0.1, -0.05) is 13.0 Å². The molecule has 1 aromatic rings. The molecule has 0 saturated carbocycles. The highest BCUT2D eigenvalue weighted by atomic mass is 16.5. The first-order chi connectivity index (χ1) is 7.54. The summed E-state index contributed by atoms with van der Waals surface area (Å²) in [5.41, 5.74) is 0.346. The van der Waals surface area contributed by atoms with Crippen molar-refractivity contribution in [3.05, 3.63) is 35.4 Å². The zero-order chi connectivity index (χ0) is 12.1. The minimum atomic E-state index is -1.06. The molecule has 16 heavy (non-hydrogen) atoms. The van der Waals surface area contributed by atoms with E-state index < -0.39 is 11.9 Å². The van der Waals surface area contributed by atoms with Gasteiger partial charge in [-0.2, -0.15) is 0 Å². The van der Waals surface area contributed by atoms with Crippen LogP contribution in [0.25, 0.3) is 0 Å². The summed E-state index contributed by atoms with van der Waals surface area (Å²) in [6.07, 6.45) is 0.561. The Kier molecular flexibility index (Phi) is 4.05. The van der Waals surface area contributed by atoms with Crippen LogP contribution >= 0.6 is 0 Å². The number of aromatic carboxylic acids is 1. The van der Waals surface area contributed by atoms with Gasteiger partial charge in [0.25, 0.3) is 0 Å². The van der Waals surface area contributed by atoms with Gasteiger partial charge in [-0.3, -0.25) is 0 Å². The molecular formula is C12H14O4. The molecule has 86 valence electrons. The van der Waals surface area contributed by atoms with Crippen molar-refractivity contribution in [2.75, 3.05) is 0 Å². The summed E-state index contributed by atoms with van der Waals surface area (Å²) >= 11 is 0. The van der Waals surface area contributed by atoms with E-state index in [1.54, 1.807) is 6.92 Å². The van der Waals surface area contributed by atoms with Gasteiger partial charge >= 0.3 is 11.9 Å². The number of carboxylic acids is 1. The Morgan fingerprint density at radius 2 is 2.00 bits per heavy atom. The van der Waals surface area contributed by atoms with Gasteiger partial charge in [0.15, 0.2) is 0 Å². The lowest BCUT2D eigenvalue weighted by atomic mass is 10.1. The monoisotopic (exact) mass is 222 g/mol. The number of carbonyl (C=O) groups is 2. The van der Waals surface area contributed by atoms with Gasteiger partial charge in [0.1, 0.15) is 0 Å². The first kappa shape index (κ1) is 12.2. The maximum absolute atomic E-state index is 11.6. The largest absolute Gasteiger partial charge is 0.478 e. The highest BCUT2D eigenvalue weighted by Gasteiger charge is 2.12. The molecule has 4 heteroatoms. The van der Waals surface area contributed by atoms with E-state index in [0.717, 1.165) is 6.42 Å². The van der Waals surface area contributed by atoms with Crippen LogP contribution in [0.3, 0.4) is 0 Å². The lowest BCUT2D eigenvalue weighted by Gasteiger charge is -2.10. The fourth-order valence-corrected chi connectivity index (χ4v) is 1.11. The van der Waals surface area contributed by atoms with E-state index in [4.69, 9.17) is 9.84 Å². The number of carboxylic acid groups (broad SMARTS) is 1. The van der Waals surface area contributed by atoms with Crippen molar-refractivity contribution in [1.82, 2.24) is 0 Å². The van der Waals surface area contributed by atoms with Gasteiger partial charge in [0.05, 0.1) is 17.2 Å². The molecule has 0 aromatic heterocycles. The molecule has 0 saturated heterocycles. The third-order valence-corrected chi connectivity index (χ3v) is 2.23. The predicted molar refractivity (Wildman–Crippen MR) is 58.6 cm³/mol. The van der Waals surface area contributed by atoms with E-state index in [0.29, 0.717) is 0 Å². The predicted octanol–water partition coefficient (Wildman–Crippen LogP) is 2.34. The van der Waals surface area contributed by atoms with Crippen LogP contribution in [0.5, 0.6) is 0 Å². The van der Waals surface area contributed by atoms with E-state index in [-0.39, 0.29) is 17.2 Å². The average molecular weight is 222 g/mol. The Morgan fingerprint density at radius 3 is 2.56 bits per heavy atom.